The summed E-state index contributed by atoms with van der Waals surface area (Å²) in [4.78, 5) is 26.7. The molecule has 1 fully saturated rings. The van der Waals surface area contributed by atoms with Crippen LogP contribution >= 0.6 is 11.8 Å². The van der Waals surface area contributed by atoms with Crippen LogP contribution in [0, 0.1) is 10.1 Å². The number of nitro benzene ring substituents is 1. The lowest BCUT2D eigenvalue weighted by molar-refractivity contribution is -0.398. The molecule has 24 heavy (non-hydrogen) atoms. The highest BCUT2D eigenvalue weighted by molar-refractivity contribution is 8.18. The smallest absolute Gasteiger partial charge is 0.264 e. The summed E-state index contributed by atoms with van der Waals surface area (Å²) in [5.41, 5.74) is 0.582. The molecular weight excluding hydrogens is 330 g/mol. The minimum absolute atomic E-state index is 0.344. The lowest BCUT2D eigenvalue weighted by Gasteiger charge is -2.06. The maximum Gasteiger partial charge on any atom is 0.264 e. The molecule has 2 aromatic rings. The number of hydrogen-bond acceptors (Lipinski definition) is 6. The predicted octanol–water partition coefficient (Wildman–Crippen LogP) is 2.56. The Morgan fingerprint density at radius 2 is 1.92 bits per heavy atom. The van der Waals surface area contributed by atoms with Crippen LogP contribution in [0.1, 0.15) is 5.56 Å². The van der Waals surface area contributed by atoms with Crippen molar-refractivity contribution in [1.82, 2.24) is 5.32 Å². The maximum absolute atomic E-state index is 12.0. The minimum atomic E-state index is -0.742. The second-order valence-electron chi connectivity index (χ2n) is 4.80. The average molecular weight is 340 g/mol. The molecule has 0 saturated carbocycles. The number of amides is 1. The number of nitro groups is 1. The van der Waals surface area contributed by atoms with Gasteiger partial charge in [0.25, 0.3) is 11.6 Å². The number of hydrogen-bond donors (Lipinski definition) is 1. The molecule has 2 aromatic carbocycles. The quantitative estimate of drug-likeness (QED) is 0.525. The molecule has 7 nitrogen and oxygen atoms in total. The van der Waals surface area contributed by atoms with Crippen LogP contribution in [0.15, 0.2) is 58.4 Å². The van der Waals surface area contributed by atoms with Crippen molar-refractivity contribution in [3.8, 4) is 5.75 Å². The van der Waals surface area contributed by atoms with E-state index in [1.165, 1.54) is 12.1 Å². The summed E-state index contributed by atoms with van der Waals surface area (Å²) in [7, 11) is 0. The summed E-state index contributed by atoms with van der Waals surface area (Å²) in [6.07, 6.45) is 1.49. The monoisotopic (exact) mass is 340 g/mol. The fraction of sp³-hybridized carbons (Fsp3) is 0. The van der Waals surface area contributed by atoms with Crippen molar-refractivity contribution in [2.24, 2.45) is 4.99 Å². The van der Waals surface area contributed by atoms with E-state index < -0.39 is 16.4 Å². The molecule has 8 heteroatoms. The largest absolute Gasteiger partial charge is 0.868 e. The van der Waals surface area contributed by atoms with Gasteiger partial charge in [0.15, 0.2) is 5.17 Å². The van der Waals surface area contributed by atoms with E-state index in [1.54, 1.807) is 12.1 Å². The van der Waals surface area contributed by atoms with Gasteiger partial charge in [-0.3, -0.25) is 14.9 Å². The van der Waals surface area contributed by atoms with E-state index in [9.17, 15) is 20.0 Å². The zero-order chi connectivity index (χ0) is 17.1. The second kappa shape index (κ2) is 6.55. The Morgan fingerprint density at radius 1 is 1.17 bits per heavy atom. The Kier molecular flexibility index (Phi) is 4.30. The van der Waals surface area contributed by atoms with Crippen LogP contribution in [-0.4, -0.2) is 16.0 Å². The summed E-state index contributed by atoms with van der Waals surface area (Å²) in [5, 5.41) is 25.3. The third-order valence-corrected chi connectivity index (χ3v) is 4.03. The highest BCUT2D eigenvalue weighted by Gasteiger charge is 2.24. The fourth-order valence-corrected chi connectivity index (χ4v) is 2.86. The van der Waals surface area contributed by atoms with E-state index in [0.717, 1.165) is 23.9 Å². The van der Waals surface area contributed by atoms with Gasteiger partial charge in [-0.25, -0.2) is 4.99 Å². The van der Waals surface area contributed by atoms with Gasteiger partial charge in [-0.15, -0.1) is 0 Å². The van der Waals surface area contributed by atoms with E-state index in [1.807, 2.05) is 18.2 Å². The SMILES string of the molecule is O=C1NC(=Nc2ccccc2)S/C1=C/c1ccc([O-])c([N+](=O)[O-])c1. The van der Waals surface area contributed by atoms with E-state index in [2.05, 4.69) is 10.3 Å². The first-order valence-corrected chi connectivity index (χ1v) is 7.65. The van der Waals surface area contributed by atoms with Crippen molar-refractivity contribution in [2.45, 2.75) is 0 Å². The summed E-state index contributed by atoms with van der Waals surface area (Å²) < 4.78 is 0. The van der Waals surface area contributed by atoms with Crippen molar-refractivity contribution < 1.29 is 14.8 Å². The first-order valence-electron chi connectivity index (χ1n) is 6.83. The number of carbonyl (C=O) groups is 1. The number of amidine groups is 1. The number of nitrogens with zero attached hydrogens (tertiary/aromatic N) is 2. The van der Waals surface area contributed by atoms with Gasteiger partial charge in [0.1, 0.15) is 0 Å². The van der Waals surface area contributed by atoms with Crippen LogP contribution in [0.4, 0.5) is 11.4 Å². The van der Waals surface area contributed by atoms with Gasteiger partial charge in [0, 0.05) is 6.07 Å². The normalized spacial score (nSPS) is 17.2. The summed E-state index contributed by atoms with van der Waals surface area (Å²) in [5.74, 6) is -1.01. The van der Waals surface area contributed by atoms with Gasteiger partial charge in [-0.2, -0.15) is 0 Å². The van der Waals surface area contributed by atoms with Crippen LogP contribution < -0.4 is 10.4 Å². The molecule has 0 aromatic heterocycles. The number of para-hydroxylation sites is 1. The molecule has 1 aliphatic rings. The van der Waals surface area contributed by atoms with Crippen molar-refractivity contribution >= 4 is 40.3 Å². The molecule has 0 spiro atoms. The first kappa shape index (κ1) is 15.8. The highest BCUT2D eigenvalue weighted by Crippen LogP contribution is 2.30. The molecule has 120 valence electrons. The van der Waals surface area contributed by atoms with Crippen LogP contribution in [0.3, 0.4) is 0 Å². The summed E-state index contributed by atoms with van der Waals surface area (Å²) in [6, 6.07) is 12.8. The standard InChI is InChI=1S/C16H11N3O4S/c20-13-7-6-10(8-12(13)19(22)23)9-14-15(21)18-16(24-14)17-11-4-2-1-3-5-11/h1-9,20H,(H,17,18,21)/p-1/b14-9+. The first-order chi connectivity index (χ1) is 11.5. The molecule has 0 bridgehead atoms. The molecule has 3 rings (SSSR count). The Morgan fingerprint density at radius 3 is 2.62 bits per heavy atom. The van der Waals surface area contributed by atoms with Crippen LogP contribution in [0.25, 0.3) is 6.08 Å². The Labute approximate surface area is 140 Å². The van der Waals surface area contributed by atoms with E-state index >= 15 is 0 Å². The highest BCUT2D eigenvalue weighted by atomic mass is 32.2. The lowest BCUT2D eigenvalue weighted by atomic mass is 10.1. The van der Waals surface area contributed by atoms with Crippen molar-refractivity contribution in [3.05, 3.63) is 69.1 Å². The number of aliphatic imine (C=N–C) groups is 1. The van der Waals surface area contributed by atoms with Crippen molar-refractivity contribution in [2.75, 3.05) is 0 Å². The van der Waals surface area contributed by atoms with Gasteiger partial charge >= 0.3 is 0 Å². The number of nitrogens with one attached hydrogen (secondary N) is 1. The van der Waals surface area contributed by atoms with E-state index in [-0.39, 0.29) is 5.91 Å². The zero-order valence-electron chi connectivity index (χ0n) is 12.1. The Hall–Kier alpha value is -3.13. The number of rotatable bonds is 3. The Bertz CT molecular complexity index is 878. The molecule has 1 N–H and O–H groups in total. The third kappa shape index (κ3) is 3.44. The molecular formula is C16H10N3O4S-. The summed E-state index contributed by atoms with van der Waals surface area (Å²) >= 11 is 1.13. The molecule has 0 aliphatic carbocycles. The fourth-order valence-electron chi connectivity index (χ4n) is 2.02. The molecule has 0 unspecified atom stereocenters. The van der Waals surface area contributed by atoms with Gasteiger partial charge in [0.2, 0.25) is 0 Å². The second-order valence-corrected chi connectivity index (χ2v) is 5.83. The number of carbonyl (C=O) groups excluding carboxylic acids is 1. The van der Waals surface area contributed by atoms with Crippen molar-refractivity contribution in [1.29, 1.82) is 0 Å². The van der Waals surface area contributed by atoms with Gasteiger partial charge in [-0.1, -0.05) is 30.3 Å². The topological polar surface area (TPSA) is 108 Å². The number of thioether (sulfide) groups is 1. The van der Waals surface area contributed by atoms with Crippen LogP contribution in [-0.2, 0) is 4.79 Å². The van der Waals surface area contributed by atoms with Gasteiger partial charge in [0.05, 0.1) is 15.5 Å². The maximum atomic E-state index is 12.0. The summed E-state index contributed by atoms with van der Waals surface area (Å²) in [6.45, 7) is 0. The van der Waals surface area contributed by atoms with Crippen molar-refractivity contribution in [3.63, 3.8) is 0 Å². The molecule has 1 heterocycles. The van der Waals surface area contributed by atoms with E-state index in [0.29, 0.717) is 21.3 Å². The predicted molar refractivity (Wildman–Crippen MR) is 89.8 cm³/mol. The van der Waals surface area contributed by atoms with Crippen LogP contribution in [0.5, 0.6) is 5.75 Å². The number of benzene rings is 2. The van der Waals surface area contributed by atoms with E-state index in [4.69, 9.17) is 0 Å². The molecule has 1 saturated heterocycles. The minimum Gasteiger partial charge on any atom is -0.868 e. The van der Waals surface area contributed by atoms with Gasteiger partial charge < -0.3 is 10.4 Å². The average Bonchev–Trinajstić information content (AvgIpc) is 2.89. The molecule has 0 radical (unpaired) electrons. The Balaban J connectivity index is 1.87. The zero-order valence-corrected chi connectivity index (χ0v) is 12.9. The van der Waals surface area contributed by atoms with Gasteiger partial charge in [-0.05, 0) is 41.3 Å². The lowest BCUT2D eigenvalue weighted by Crippen LogP contribution is -2.19. The van der Waals surface area contributed by atoms with Crippen LogP contribution in [0.2, 0.25) is 0 Å². The molecule has 1 amide bonds. The third-order valence-electron chi connectivity index (χ3n) is 3.12. The molecule has 0 atom stereocenters. The molecule has 1 aliphatic heterocycles.